The van der Waals surface area contributed by atoms with Crippen molar-refractivity contribution in [1.29, 1.82) is 0 Å². The molecular weight excluding hydrogens is 390 g/mol. The number of hydrogen-bond donors (Lipinski definition) is 0. The first-order valence-electron chi connectivity index (χ1n) is 11.0. The molecule has 0 spiro atoms. The summed E-state index contributed by atoms with van der Waals surface area (Å²) in [7, 11) is 1.73. The van der Waals surface area contributed by atoms with E-state index in [0.29, 0.717) is 18.1 Å². The van der Waals surface area contributed by atoms with Crippen LogP contribution >= 0.6 is 0 Å². The second kappa shape index (κ2) is 9.33. The molecule has 4 rings (SSSR count). The molecule has 1 aliphatic carbocycles. The van der Waals surface area contributed by atoms with Crippen LogP contribution in [0.3, 0.4) is 0 Å². The van der Waals surface area contributed by atoms with Crippen molar-refractivity contribution < 1.29 is 14.1 Å². The summed E-state index contributed by atoms with van der Waals surface area (Å²) in [4.78, 5) is 19.0. The number of likely N-dealkylation sites (N-methyl/N-ethyl adjacent to an activating group) is 1. The van der Waals surface area contributed by atoms with Crippen LogP contribution in [0.5, 0.6) is 5.75 Å². The van der Waals surface area contributed by atoms with Gasteiger partial charge in [0.15, 0.2) is 6.10 Å². The number of amides is 1. The Morgan fingerprint density at radius 1 is 1.13 bits per heavy atom. The first-order chi connectivity index (χ1) is 15.0. The number of nitrogens with zero attached hydrogens (tertiary/aromatic N) is 3. The van der Waals surface area contributed by atoms with E-state index in [-0.39, 0.29) is 12.5 Å². The van der Waals surface area contributed by atoms with Gasteiger partial charge in [-0.25, -0.2) is 0 Å². The summed E-state index contributed by atoms with van der Waals surface area (Å²) in [5.74, 6) is 1.58. The Bertz CT molecular complexity index is 1040. The van der Waals surface area contributed by atoms with Gasteiger partial charge >= 0.3 is 0 Å². The molecule has 1 amide bonds. The molecule has 1 atom stereocenters. The van der Waals surface area contributed by atoms with Gasteiger partial charge in [0.1, 0.15) is 5.75 Å². The van der Waals surface area contributed by atoms with Gasteiger partial charge in [0.25, 0.3) is 5.91 Å². The zero-order valence-corrected chi connectivity index (χ0v) is 18.4. The molecule has 3 aromatic rings. The van der Waals surface area contributed by atoms with Crippen LogP contribution in [0.25, 0.3) is 11.4 Å². The van der Waals surface area contributed by atoms with Crippen LogP contribution in [0.1, 0.15) is 48.8 Å². The highest BCUT2D eigenvalue weighted by Gasteiger charge is 2.24. The number of carbonyl (C=O) groups is 1. The molecule has 6 heteroatoms. The standard InChI is InChI=1S/C25H29N3O3/c1-4-22(30-21-14-13-18-7-5-6-8-20(18)15-21)25(29)28(3)16-23-26-24(27-31-23)19-11-9-17(2)10-12-19/h9-15,22H,4-8,16H2,1-3H3/t22-/m0/s1. The maximum Gasteiger partial charge on any atom is 0.263 e. The van der Waals surface area contributed by atoms with E-state index in [2.05, 4.69) is 22.3 Å². The van der Waals surface area contributed by atoms with Crippen molar-refractivity contribution in [1.82, 2.24) is 15.0 Å². The second-order valence-corrected chi connectivity index (χ2v) is 8.22. The molecule has 0 fully saturated rings. The molecule has 0 saturated heterocycles. The Morgan fingerprint density at radius 2 is 1.87 bits per heavy atom. The van der Waals surface area contributed by atoms with Gasteiger partial charge in [0, 0.05) is 12.6 Å². The van der Waals surface area contributed by atoms with Crippen molar-refractivity contribution in [2.45, 2.75) is 58.6 Å². The highest BCUT2D eigenvalue weighted by Crippen LogP contribution is 2.26. The van der Waals surface area contributed by atoms with Gasteiger partial charge in [-0.1, -0.05) is 48.0 Å². The SMILES string of the molecule is CC[C@H](Oc1ccc2c(c1)CCCC2)C(=O)N(C)Cc1nc(-c2ccc(C)cc2)no1. The number of aryl methyl sites for hydroxylation is 3. The maximum atomic E-state index is 13.0. The van der Waals surface area contributed by atoms with E-state index in [1.54, 1.807) is 11.9 Å². The largest absolute Gasteiger partial charge is 0.481 e. The third kappa shape index (κ3) is 4.95. The van der Waals surface area contributed by atoms with E-state index >= 15 is 0 Å². The van der Waals surface area contributed by atoms with Gasteiger partial charge in [-0.05, 0) is 62.3 Å². The van der Waals surface area contributed by atoms with Crippen LogP contribution in [-0.4, -0.2) is 34.1 Å². The van der Waals surface area contributed by atoms with Gasteiger partial charge in [-0.2, -0.15) is 4.98 Å². The third-order valence-electron chi connectivity index (χ3n) is 5.77. The lowest BCUT2D eigenvalue weighted by molar-refractivity contribution is -0.138. The van der Waals surface area contributed by atoms with E-state index in [9.17, 15) is 4.79 Å². The van der Waals surface area contributed by atoms with Gasteiger partial charge in [-0.3, -0.25) is 4.79 Å². The summed E-state index contributed by atoms with van der Waals surface area (Å²) in [6.45, 7) is 4.22. The smallest absolute Gasteiger partial charge is 0.263 e. The number of carbonyl (C=O) groups excluding carboxylic acids is 1. The summed E-state index contributed by atoms with van der Waals surface area (Å²) in [6.07, 6.45) is 4.70. The maximum absolute atomic E-state index is 13.0. The molecular formula is C25H29N3O3. The highest BCUT2D eigenvalue weighted by atomic mass is 16.5. The summed E-state index contributed by atoms with van der Waals surface area (Å²) < 4.78 is 11.4. The second-order valence-electron chi connectivity index (χ2n) is 8.22. The van der Waals surface area contributed by atoms with E-state index in [4.69, 9.17) is 9.26 Å². The summed E-state index contributed by atoms with van der Waals surface area (Å²) in [6, 6.07) is 14.1. The van der Waals surface area contributed by atoms with E-state index in [1.807, 2.05) is 44.2 Å². The van der Waals surface area contributed by atoms with Gasteiger partial charge in [0.2, 0.25) is 11.7 Å². The van der Waals surface area contributed by atoms with Crippen LogP contribution in [0.2, 0.25) is 0 Å². The molecule has 0 N–H and O–H groups in total. The molecule has 0 aliphatic heterocycles. The zero-order valence-electron chi connectivity index (χ0n) is 18.4. The first kappa shape index (κ1) is 21.1. The normalized spacial score (nSPS) is 14.0. The predicted molar refractivity (Wildman–Crippen MR) is 119 cm³/mol. The van der Waals surface area contributed by atoms with Gasteiger partial charge < -0.3 is 14.2 Å². The van der Waals surface area contributed by atoms with Gasteiger partial charge in [0.05, 0.1) is 6.54 Å². The molecule has 1 heterocycles. The molecule has 0 unspecified atom stereocenters. The molecule has 0 saturated carbocycles. The number of rotatable bonds is 7. The molecule has 162 valence electrons. The van der Waals surface area contributed by atoms with E-state index in [1.165, 1.54) is 29.5 Å². The van der Waals surface area contributed by atoms with Crippen LogP contribution in [0, 0.1) is 6.92 Å². The average Bonchev–Trinajstić information content (AvgIpc) is 3.25. The Morgan fingerprint density at radius 3 is 2.61 bits per heavy atom. The molecule has 0 bridgehead atoms. The third-order valence-corrected chi connectivity index (χ3v) is 5.77. The summed E-state index contributed by atoms with van der Waals surface area (Å²) >= 11 is 0. The van der Waals surface area contributed by atoms with Crippen LogP contribution in [0.15, 0.2) is 47.0 Å². The minimum Gasteiger partial charge on any atom is -0.481 e. The molecule has 1 aliphatic rings. The topological polar surface area (TPSA) is 68.5 Å². The average molecular weight is 420 g/mol. The molecule has 6 nitrogen and oxygen atoms in total. The lowest BCUT2D eigenvalue weighted by atomic mass is 9.92. The van der Waals surface area contributed by atoms with Crippen LogP contribution in [0.4, 0.5) is 0 Å². The fourth-order valence-corrected chi connectivity index (χ4v) is 3.92. The first-order valence-corrected chi connectivity index (χ1v) is 11.0. The Labute approximate surface area is 183 Å². The lowest BCUT2D eigenvalue weighted by Crippen LogP contribution is -2.39. The number of fused-ring (bicyclic) bond motifs is 1. The Kier molecular flexibility index (Phi) is 6.35. The van der Waals surface area contributed by atoms with Crippen molar-refractivity contribution in [3.8, 4) is 17.1 Å². The number of ether oxygens (including phenoxy) is 1. The fourth-order valence-electron chi connectivity index (χ4n) is 3.92. The van der Waals surface area contributed by atoms with Crippen LogP contribution < -0.4 is 4.74 Å². The van der Waals surface area contributed by atoms with E-state index < -0.39 is 6.10 Å². The van der Waals surface area contributed by atoms with Crippen molar-refractivity contribution in [2.24, 2.45) is 0 Å². The minimum atomic E-state index is -0.550. The van der Waals surface area contributed by atoms with Crippen molar-refractivity contribution in [3.63, 3.8) is 0 Å². The fraction of sp³-hybridized carbons (Fsp3) is 0.400. The number of benzene rings is 2. The number of hydrogen-bond acceptors (Lipinski definition) is 5. The molecule has 31 heavy (non-hydrogen) atoms. The monoisotopic (exact) mass is 419 g/mol. The van der Waals surface area contributed by atoms with Crippen LogP contribution in [-0.2, 0) is 24.2 Å². The Hall–Kier alpha value is -3.15. The van der Waals surface area contributed by atoms with Crippen molar-refractivity contribution in [2.75, 3.05) is 7.05 Å². The molecule has 2 aromatic carbocycles. The quantitative estimate of drug-likeness (QED) is 0.553. The van der Waals surface area contributed by atoms with Crippen molar-refractivity contribution >= 4 is 5.91 Å². The number of aromatic nitrogens is 2. The molecule has 0 radical (unpaired) electrons. The summed E-state index contributed by atoms with van der Waals surface area (Å²) in [5.41, 5.74) is 4.80. The lowest BCUT2D eigenvalue weighted by Gasteiger charge is -2.24. The minimum absolute atomic E-state index is 0.102. The zero-order chi connectivity index (χ0) is 21.8. The predicted octanol–water partition coefficient (Wildman–Crippen LogP) is 4.74. The summed E-state index contributed by atoms with van der Waals surface area (Å²) in [5, 5.41) is 4.05. The molecule has 1 aromatic heterocycles. The Balaban J connectivity index is 1.40. The van der Waals surface area contributed by atoms with Gasteiger partial charge in [-0.15, -0.1) is 0 Å². The highest BCUT2D eigenvalue weighted by molar-refractivity contribution is 5.81. The van der Waals surface area contributed by atoms with Crippen molar-refractivity contribution in [3.05, 3.63) is 65.0 Å². The van der Waals surface area contributed by atoms with E-state index in [0.717, 1.165) is 24.2 Å².